The quantitative estimate of drug-likeness (QED) is 0.731. The molecule has 1 atom stereocenters. The fourth-order valence-corrected chi connectivity index (χ4v) is 5.11. The predicted octanol–water partition coefficient (Wildman–Crippen LogP) is 3.17. The first-order valence-electron chi connectivity index (χ1n) is 12.0. The van der Waals surface area contributed by atoms with E-state index in [1.165, 1.54) is 12.8 Å². The van der Waals surface area contributed by atoms with E-state index >= 15 is 0 Å². The van der Waals surface area contributed by atoms with Crippen molar-refractivity contribution >= 4 is 11.8 Å². The second-order valence-electron chi connectivity index (χ2n) is 10.5. The summed E-state index contributed by atoms with van der Waals surface area (Å²) >= 11 is 0. The van der Waals surface area contributed by atoms with E-state index in [1.807, 2.05) is 23.1 Å². The number of benzene rings is 1. The Labute approximate surface area is 191 Å². The first-order chi connectivity index (χ1) is 15.3. The molecule has 1 saturated heterocycles. The topological polar surface area (TPSA) is 71.1 Å². The standard InChI is InChI=1S/C25H37N3O4/c1-25(2,3)15-22(29)27-10-12-28(13-11-27)23(19-6-4-5-7-19)24(30)26-16-18-8-9-20-21(14-18)32-17-31-20/h8-9,14,19,23H,4-7,10-13,15-17H2,1-3H3,(H,26,30)/t23-/m1/s1. The molecule has 3 aliphatic rings. The fraction of sp³-hybridized carbons (Fsp3) is 0.680. The van der Waals surface area contributed by atoms with E-state index in [2.05, 4.69) is 31.0 Å². The minimum Gasteiger partial charge on any atom is -0.454 e. The zero-order valence-electron chi connectivity index (χ0n) is 19.7. The van der Waals surface area contributed by atoms with Gasteiger partial charge in [-0.05, 0) is 41.9 Å². The molecule has 1 aromatic carbocycles. The summed E-state index contributed by atoms with van der Waals surface area (Å²) in [5.41, 5.74) is 1.00. The van der Waals surface area contributed by atoms with Gasteiger partial charge >= 0.3 is 0 Å². The Kier molecular flexibility index (Phi) is 6.93. The number of hydrogen-bond acceptors (Lipinski definition) is 5. The van der Waals surface area contributed by atoms with Gasteiger partial charge in [0, 0.05) is 39.1 Å². The molecule has 1 saturated carbocycles. The Balaban J connectivity index is 1.36. The molecule has 2 fully saturated rings. The van der Waals surface area contributed by atoms with E-state index in [0.29, 0.717) is 32.0 Å². The molecule has 0 spiro atoms. The normalized spacial score (nSPS) is 20.4. The van der Waals surface area contributed by atoms with Crippen molar-refractivity contribution in [3.8, 4) is 11.5 Å². The Hall–Kier alpha value is -2.28. The lowest BCUT2D eigenvalue weighted by Gasteiger charge is -2.41. The number of nitrogens with zero attached hydrogens (tertiary/aromatic N) is 2. The summed E-state index contributed by atoms with van der Waals surface area (Å²) in [5, 5.41) is 3.17. The molecule has 0 bridgehead atoms. The minimum absolute atomic E-state index is 0.00475. The number of rotatable bonds is 6. The molecule has 0 unspecified atom stereocenters. The number of carbonyl (C=O) groups is 2. The van der Waals surface area contributed by atoms with Crippen LogP contribution in [0.4, 0.5) is 0 Å². The molecular weight excluding hydrogens is 406 g/mol. The Morgan fingerprint density at radius 3 is 2.44 bits per heavy atom. The number of hydrogen-bond donors (Lipinski definition) is 1. The van der Waals surface area contributed by atoms with E-state index in [4.69, 9.17) is 9.47 Å². The van der Waals surface area contributed by atoms with Crippen LogP contribution in [0.5, 0.6) is 11.5 Å². The average Bonchev–Trinajstić information content (AvgIpc) is 3.43. The highest BCUT2D eigenvalue weighted by molar-refractivity contribution is 5.82. The maximum absolute atomic E-state index is 13.4. The van der Waals surface area contributed by atoms with Crippen LogP contribution in [0.2, 0.25) is 0 Å². The van der Waals surface area contributed by atoms with E-state index in [0.717, 1.165) is 43.0 Å². The maximum Gasteiger partial charge on any atom is 0.237 e. The molecule has 1 N–H and O–H groups in total. The third-order valence-corrected chi connectivity index (χ3v) is 6.76. The van der Waals surface area contributed by atoms with Crippen molar-refractivity contribution in [2.24, 2.45) is 11.3 Å². The van der Waals surface area contributed by atoms with Gasteiger partial charge in [0.1, 0.15) is 0 Å². The van der Waals surface area contributed by atoms with Gasteiger partial charge in [-0.2, -0.15) is 0 Å². The molecule has 1 aromatic rings. The third-order valence-electron chi connectivity index (χ3n) is 6.76. The van der Waals surface area contributed by atoms with Crippen LogP contribution in [0.25, 0.3) is 0 Å². The van der Waals surface area contributed by atoms with Gasteiger partial charge in [0.05, 0.1) is 6.04 Å². The molecule has 2 aliphatic heterocycles. The molecule has 32 heavy (non-hydrogen) atoms. The second kappa shape index (κ2) is 9.69. The number of nitrogens with one attached hydrogen (secondary N) is 1. The van der Waals surface area contributed by atoms with Crippen molar-refractivity contribution in [2.45, 2.75) is 65.5 Å². The molecule has 4 rings (SSSR count). The van der Waals surface area contributed by atoms with Gasteiger partial charge in [-0.3, -0.25) is 14.5 Å². The molecular formula is C25H37N3O4. The van der Waals surface area contributed by atoms with E-state index in [9.17, 15) is 9.59 Å². The van der Waals surface area contributed by atoms with Gasteiger partial charge < -0.3 is 19.7 Å². The van der Waals surface area contributed by atoms with Gasteiger partial charge in [-0.1, -0.05) is 39.7 Å². The first-order valence-corrected chi connectivity index (χ1v) is 12.0. The number of carbonyl (C=O) groups excluding carboxylic acids is 2. The highest BCUT2D eigenvalue weighted by Crippen LogP contribution is 2.33. The number of piperazine rings is 1. The lowest BCUT2D eigenvalue weighted by Crippen LogP contribution is -2.58. The summed E-state index contributed by atoms with van der Waals surface area (Å²) in [5.74, 6) is 2.21. The summed E-state index contributed by atoms with van der Waals surface area (Å²) in [6.07, 6.45) is 5.16. The van der Waals surface area contributed by atoms with Crippen molar-refractivity contribution in [1.82, 2.24) is 15.1 Å². The van der Waals surface area contributed by atoms with E-state index < -0.39 is 0 Å². The second-order valence-corrected chi connectivity index (χ2v) is 10.5. The minimum atomic E-state index is -0.119. The molecule has 7 nitrogen and oxygen atoms in total. The lowest BCUT2D eigenvalue weighted by molar-refractivity contribution is -0.136. The highest BCUT2D eigenvalue weighted by atomic mass is 16.7. The SMILES string of the molecule is CC(C)(C)CC(=O)N1CCN([C@@H](C(=O)NCc2ccc3c(c2)OCO3)C2CCCC2)CC1. The molecule has 176 valence electrons. The molecule has 2 heterocycles. The van der Waals surface area contributed by atoms with Crippen LogP contribution in [0.1, 0.15) is 58.4 Å². The van der Waals surface area contributed by atoms with Crippen LogP contribution in [0.15, 0.2) is 18.2 Å². The largest absolute Gasteiger partial charge is 0.454 e. The summed E-state index contributed by atoms with van der Waals surface area (Å²) in [4.78, 5) is 30.3. The average molecular weight is 444 g/mol. The van der Waals surface area contributed by atoms with Crippen LogP contribution in [-0.2, 0) is 16.1 Å². The van der Waals surface area contributed by atoms with Crippen molar-refractivity contribution in [1.29, 1.82) is 0 Å². The van der Waals surface area contributed by atoms with Gasteiger partial charge in [-0.25, -0.2) is 0 Å². The summed E-state index contributed by atoms with van der Waals surface area (Å²) < 4.78 is 10.8. The van der Waals surface area contributed by atoms with Crippen molar-refractivity contribution in [2.75, 3.05) is 33.0 Å². The number of fused-ring (bicyclic) bond motifs is 1. The van der Waals surface area contributed by atoms with Crippen LogP contribution in [0.3, 0.4) is 0 Å². The summed E-state index contributed by atoms with van der Waals surface area (Å²) in [6.45, 7) is 9.94. The molecule has 0 aromatic heterocycles. The molecule has 1 aliphatic carbocycles. The molecule has 0 radical (unpaired) electrons. The van der Waals surface area contributed by atoms with Crippen molar-refractivity contribution in [3.63, 3.8) is 0 Å². The van der Waals surface area contributed by atoms with Crippen LogP contribution in [0, 0.1) is 11.3 Å². The van der Waals surface area contributed by atoms with E-state index in [-0.39, 0.29) is 30.1 Å². The molecule has 7 heteroatoms. The Bertz CT molecular complexity index is 821. The maximum atomic E-state index is 13.4. The summed E-state index contributed by atoms with van der Waals surface area (Å²) in [6, 6.07) is 5.68. The summed E-state index contributed by atoms with van der Waals surface area (Å²) in [7, 11) is 0. The number of ether oxygens (including phenoxy) is 2. The predicted molar refractivity (Wildman–Crippen MR) is 122 cm³/mol. The zero-order chi connectivity index (χ0) is 22.7. The van der Waals surface area contributed by atoms with Gasteiger partial charge in [0.2, 0.25) is 18.6 Å². The Morgan fingerprint density at radius 2 is 1.75 bits per heavy atom. The number of amides is 2. The smallest absolute Gasteiger partial charge is 0.237 e. The highest BCUT2D eigenvalue weighted by Gasteiger charge is 2.37. The van der Waals surface area contributed by atoms with E-state index in [1.54, 1.807) is 0 Å². The van der Waals surface area contributed by atoms with Gasteiger partial charge in [-0.15, -0.1) is 0 Å². The van der Waals surface area contributed by atoms with Gasteiger partial charge in [0.25, 0.3) is 0 Å². The van der Waals surface area contributed by atoms with Crippen LogP contribution < -0.4 is 14.8 Å². The lowest BCUT2D eigenvalue weighted by atomic mass is 9.91. The first kappa shape index (κ1) is 22.9. The van der Waals surface area contributed by atoms with Crippen LogP contribution in [-0.4, -0.2) is 60.6 Å². The van der Waals surface area contributed by atoms with Crippen molar-refractivity contribution < 1.29 is 19.1 Å². The fourth-order valence-electron chi connectivity index (χ4n) is 5.11. The van der Waals surface area contributed by atoms with Crippen molar-refractivity contribution in [3.05, 3.63) is 23.8 Å². The van der Waals surface area contributed by atoms with Crippen LogP contribution >= 0.6 is 0 Å². The zero-order valence-corrected chi connectivity index (χ0v) is 19.7. The molecule has 2 amide bonds. The Morgan fingerprint density at radius 1 is 1.06 bits per heavy atom. The van der Waals surface area contributed by atoms with Gasteiger partial charge in [0.15, 0.2) is 11.5 Å². The monoisotopic (exact) mass is 443 g/mol. The third kappa shape index (κ3) is 5.55.